The maximum atomic E-state index is 14.2. The molecule has 10 nitrogen and oxygen atoms in total. The van der Waals surface area contributed by atoms with Gasteiger partial charge < -0.3 is 14.4 Å². The lowest BCUT2D eigenvalue weighted by molar-refractivity contribution is -0.119. The maximum Gasteiger partial charge on any atom is 0.286 e. The highest BCUT2D eigenvalue weighted by Gasteiger charge is 2.38. The zero-order chi connectivity index (χ0) is 34.2. The topological polar surface area (TPSA) is 123 Å². The Kier molecular flexibility index (Phi) is 11.6. The smallest absolute Gasteiger partial charge is 0.286 e. The Hall–Kier alpha value is -3.80. The van der Waals surface area contributed by atoms with Crippen LogP contribution in [-0.2, 0) is 38.8 Å². The van der Waals surface area contributed by atoms with Crippen LogP contribution in [0.5, 0.6) is 5.75 Å². The summed E-state index contributed by atoms with van der Waals surface area (Å²) in [5.41, 5.74) is 4.10. The number of halogens is 1. The number of aromatic nitrogens is 2. The minimum Gasteiger partial charge on any atom is -0.491 e. The number of carbonyl (C=O) groups is 2. The first-order valence-electron chi connectivity index (χ1n) is 17.1. The molecule has 49 heavy (non-hydrogen) atoms. The number of benzene rings is 2. The van der Waals surface area contributed by atoms with Crippen molar-refractivity contribution in [2.24, 2.45) is 16.2 Å². The molecule has 6 rings (SSSR count). The molecule has 2 aliphatic heterocycles. The molecule has 1 aliphatic carbocycles. The zero-order valence-electron chi connectivity index (χ0n) is 27.9. The molecule has 1 saturated carbocycles. The fourth-order valence-corrected chi connectivity index (χ4v) is 8.67. The Morgan fingerprint density at radius 3 is 2.82 bits per heavy atom. The molecule has 12 heteroatoms. The van der Waals surface area contributed by atoms with Gasteiger partial charge in [0, 0.05) is 55.8 Å². The van der Waals surface area contributed by atoms with E-state index in [0.29, 0.717) is 60.7 Å². The van der Waals surface area contributed by atoms with E-state index in [2.05, 4.69) is 48.2 Å². The second-order valence-corrected chi connectivity index (χ2v) is 15.5. The van der Waals surface area contributed by atoms with E-state index in [9.17, 15) is 13.8 Å². The number of carbonyl (C=O) groups excluding carboxylic acids is 2. The summed E-state index contributed by atoms with van der Waals surface area (Å²) in [5, 5.41) is 0.714. The van der Waals surface area contributed by atoms with Crippen molar-refractivity contribution in [1.29, 1.82) is 0 Å². The number of nitrogens with zero attached hydrogens (tertiary/aromatic N) is 4. The third-order valence-corrected chi connectivity index (χ3v) is 11.7. The fourth-order valence-electron chi connectivity index (χ4n) is 6.85. The summed E-state index contributed by atoms with van der Waals surface area (Å²) in [4.78, 5) is 37.4. The van der Waals surface area contributed by atoms with E-state index in [1.807, 2.05) is 12.1 Å². The average molecular weight is 706 g/mol. The molecule has 1 N–H and O–H groups in total. The summed E-state index contributed by atoms with van der Waals surface area (Å²) in [6, 6.07) is 11.4. The largest absolute Gasteiger partial charge is 0.491 e. The van der Waals surface area contributed by atoms with Crippen LogP contribution < -0.4 is 14.4 Å². The maximum absolute atomic E-state index is 14.2. The molecule has 0 radical (unpaired) electrons. The predicted molar refractivity (Wildman–Crippen MR) is 191 cm³/mol. The molecule has 260 valence electrons. The molecule has 4 atom stereocenters. The van der Waals surface area contributed by atoms with E-state index < -0.39 is 21.7 Å². The average Bonchev–Trinajstić information content (AvgIpc) is 3.11. The molecule has 3 heterocycles. The summed E-state index contributed by atoms with van der Waals surface area (Å²) in [6.07, 6.45) is 15.1. The lowest BCUT2D eigenvalue weighted by atomic mass is 9.70. The molecule has 2 aromatic carbocycles. The van der Waals surface area contributed by atoms with Gasteiger partial charge in [0.25, 0.3) is 5.91 Å². The standard InChI is InChI=1S/C37H44ClN5O5S/c1-47-34-8-3-2-6-20-49(46,41-36(44)16-13-31-23-39-17-18-40-31)42-37(45)27-11-15-35-33(22-27)43(25-29-10-14-32(29)34)24-28-9-12-30(38)21-26(28)7-4-5-19-48-35/h3,8-9,11-12,15,17-18,21-23,29,32,34H,2,4-7,10,13-14,16,19-20,24-25H2,1H3,(H,41,42,44,45,46)/b8-3+/t29-,32+,34-,49?/m0/s1. The van der Waals surface area contributed by atoms with Gasteiger partial charge in [-0.15, -0.1) is 4.36 Å². The van der Waals surface area contributed by atoms with Crippen molar-refractivity contribution in [2.75, 3.05) is 30.9 Å². The van der Waals surface area contributed by atoms with Crippen LogP contribution >= 0.6 is 11.6 Å². The summed E-state index contributed by atoms with van der Waals surface area (Å²) >= 11 is 6.45. The highest BCUT2D eigenvalue weighted by atomic mass is 35.5. The van der Waals surface area contributed by atoms with E-state index >= 15 is 0 Å². The first-order chi connectivity index (χ1) is 23.8. The Morgan fingerprint density at radius 1 is 1.12 bits per heavy atom. The molecule has 1 unspecified atom stereocenters. The second-order valence-electron chi connectivity index (χ2n) is 13.0. The molecule has 3 aliphatic rings. The molecular weight excluding hydrogens is 662 g/mol. The van der Waals surface area contributed by atoms with Gasteiger partial charge in [0.1, 0.15) is 15.7 Å². The minimum atomic E-state index is -3.44. The number of allylic oxidation sites excluding steroid dienone is 1. The lowest BCUT2D eigenvalue weighted by Crippen LogP contribution is -2.43. The molecular formula is C37H44ClN5O5S. The number of nitrogens with one attached hydrogen (secondary N) is 1. The van der Waals surface area contributed by atoms with E-state index in [1.54, 1.807) is 37.8 Å². The number of hydrogen-bond acceptors (Lipinski definition) is 8. The van der Waals surface area contributed by atoms with Gasteiger partial charge in [-0.05, 0) is 105 Å². The van der Waals surface area contributed by atoms with Crippen molar-refractivity contribution in [1.82, 2.24) is 14.7 Å². The zero-order valence-corrected chi connectivity index (χ0v) is 29.5. The number of hydrogen-bond donors (Lipinski definition) is 1. The Bertz CT molecular complexity index is 1790. The van der Waals surface area contributed by atoms with Crippen LogP contribution in [0.3, 0.4) is 0 Å². The molecule has 0 spiro atoms. The fraction of sp³-hybridized carbons (Fsp3) is 0.459. The Balaban J connectivity index is 1.38. The van der Waals surface area contributed by atoms with E-state index in [-0.39, 0.29) is 23.8 Å². The van der Waals surface area contributed by atoms with Crippen LogP contribution in [-0.4, -0.2) is 58.1 Å². The van der Waals surface area contributed by atoms with E-state index in [0.717, 1.165) is 44.3 Å². The molecule has 3 aromatic rings. The number of fused-ring (bicyclic) bond motifs is 3. The predicted octanol–water partition coefficient (Wildman–Crippen LogP) is 6.52. The molecule has 2 amide bonds. The number of amides is 2. The van der Waals surface area contributed by atoms with Gasteiger partial charge in [-0.25, -0.2) is 4.21 Å². The Labute approximate surface area is 294 Å². The Morgan fingerprint density at radius 2 is 2.02 bits per heavy atom. The normalized spacial score (nSPS) is 25.2. The van der Waals surface area contributed by atoms with E-state index in [4.69, 9.17) is 21.1 Å². The van der Waals surface area contributed by atoms with Crippen molar-refractivity contribution in [3.63, 3.8) is 0 Å². The summed E-state index contributed by atoms with van der Waals surface area (Å²) < 4.78 is 33.4. The van der Waals surface area contributed by atoms with Crippen molar-refractivity contribution >= 4 is 39.0 Å². The van der Waals surface area contributed by atoms with Gasteiger partial charge in [0.05, 0.1) is 29.8 Å². The van der Waals surface area contributed by atoms with Crippen molar-refractivity contribution in [3.8, 4) is 5.75 Å². The number of ether oxygens (including phenoxy) is 2. The SMILES string of the molecule is CO[C@H]1/C=C/CCCS(=O)(NC(=O)CCc2cnccn2)=NC(=O)c2ccc3c(c2)N(Cc2ccc(Cl)cc2CCCCO3)C[C@@H]2CC[C@H]21. The van der Waals surface area contributed by atoms with Crippen molar-refractivity contribution < 1.29 is 23.3 Å². The summed E-state index contributed by atoms with van der Waals surface area (Å²) in [7, 11) is -1.69. The van der Waals surface area contributed by atoms with Crippen LogP contribution in [0.15, 0.2) is 71.5 Å². The van der Waals surface area contributed by atoms with Gasteiger partial charge in [-0.1, -0.05) is 29.8 Å². The summed E-state index contributed by atoms with van der Waals surface area (Å²) in [6.45, 7) is 1.88. The number of aryl methyl sites for hydroxylation is 2. The van der Waals surface area contributed by atoms with Crippen LogP contribution in [0.1, 0.15) is 72.1 Å². The molecule has 2 bridgehead atoms. The number of methoxy groups -OCH3 is 1. The monoisotopic (exact) mass is 705 g/mol. The first-order valence-corrected chi connectivity index (χ1v) is 19.2. The minimum absolute atomic E-state index is 0.0309. The van der Waals surface area contributed by atoms with Gasteiger partial charge in [0.15, 0.2) is 0 Å². The number of rotatable bonds is 5. The highest BCUT2D eigenvalue weighted by molar-refractivity contribution is 7.92. The van der Waals surface area contributed by atoms with Crippen molar-refractivity contribution in [2.45, 2.75) is 70.4 Å². The van der Waals surface area contributed by atoms with Crippen molar-refractivity contribution in [3.05, 3.63) is 94.5 Å². The van der Waals surface area contributed by atoms with Crippen LogP contribution in [0.4, 0.5) is 5.69 Å². The van der Waals surface area contributed by atoms with Crippen LogP contribution in [0.25, 0.3) is 0 Å². The molecule has 1 aromatic heterocycles. The quantitative estimate of drug-likeness (QED) is 0.298. The molecule has 0 saturated heterocycles. The van der Waals surface area contributed by atoms with Gasteiger partial charge >= 0.3 is 0 Å². The first kappa shape index (κ1) is 35.0. The summed E-state index contributed by atoms with van der Waals surface area (Å²) in [5.74, 6) is 0.310. The van der Waals surface area contributed by atoms with E-state index in [1.165, 1.54) is 11.1 Å². The highest BCUT2D eigenvalue weighted by Crippen LogP contribution is 2.42. The van der Waals surface area contributed by atoms with Gasteiger partial charge in [-0.3, -0.25) is 24.3 Å². The molecule has 1 fully saturated rings. The third kappa shape index (κ3) is 9.06. The van der Waals surface area contributed by atoms with Crippen LogP contribution in [0, 0.1) is 11.8 Å². The van der Waals surface area contributed by atoms with Gasteiger partial charge in [-0.2, -0.15) is 0 Å². The number of anilines is 1. The third-order valence-electron chi connectivity index (χ3n) is 9.65. The van der Waals surface area contributed by atoms with Gasteiger partial charge in [0.2, 0.25) is 5.91 Å². The lowest BCUT2D eigenvalue weighted by Gasteiger charge is -2.43. The second kappa shape index (κ2) is 16.3. The van der Waals surface area contributed by atoms with Crippen LogP contribution in [0.2, 0.25) is 5.02 Å².